The van der Waals surface area contributed by atoms with E-state index in [1.807, 2.05) is 20.8 Å². The normalized spacial score (nSPS) is 15.6. The van der Waals surface area contributed by atoms with Crippen LogP contribution in [-0.2, 0) is 5.41 Å². The molecule has 0 radical (unpaired) electrons. The van der Waals surface area contributed by atoms with Crippen LogP contribution in [0.3, 0.4) is 0 Å². The van der Waals surface area contributed by atoms with Crippen LogP contribution in [0.15, 0.2) is 12.1 Å². The quantitative estimate of drug-likeness (QED) is 0.868. The standard InChI is InChI=1S/C14H17Cl2NO/c1-14(2,3)12-10(15)6-8(7-11(12)16)13(18)17-9-4-5-9/h6-7,9H,4-5H2,1-3H3,(H,17,18). The van der Waals surface area contributed by atoms with Gasteiger partial charge in [-0.05, 0) is 36.0 Å². The van der Waals surface area contributed by atoms with Crippen LogP contribution >= 0.6 is 23.2 Å². The Morgan fingerprint density at radius 1 is 1.22 bits per heavy atom. The van der Waals surface area contributed by atoms with Crippen molar-refractivity contribution in [3.8, 4) is 0 Å². The van der Waals surface area contributed by atoms with E-state index in [1.54, 1.807) is 12.1 Å². The van der Waals surface area contributed by atoms with Crippen LogP contribution < -0.4 is 5.32 Å². The zero-order valence-corrected chi connectivity index (χ0v) is 12.3. The number of amides is 1. The van der Waals surface area contributed by atoms with Gasteiger partial charge in [0.25, 0.3) is 5.91 Å². The van der Waals surface area contributed by atoms with Gasteiger partial charge in [0.2, 0.25) is 0 Å². The fourth-order valence-electron chi connectivity index (χ4n) is 1.92. The number of carbonyl (C=O) groups is 1. The second-order valence-electron chi connectivity index (χ2n) is 5.81. The largest absolute Gasteiger partial charge is 0.349 e. The number of nitrogens with one attached hydrogen (secondary N) is 1. The molecule has 2 nitrogen and oxygen atoms in total. The number of hydrogen-bond acceptors (Lipinski definition) is 1. The second kappa shape index (κ2) is 4.75. The minimum Gasteiger partial charge on any atom is -0.349 e. The van der Waals surface area contributed by atoms with Gasteiger partial charge < -0.3 is 5.32 Å². The summed E-state index contributed by atoms with van der Waals surface area (Å²) < 4.78 is 0. The zero-order chi connectivity index (χ0) is 13.5. The minimum absolute atomic E-state index is 0.0956. The van der Waals surface area contributed by atoms with Gasteiger partial charge in [-0.3, -0.25) is 4.79 Å². The number of benzene rings is 1. The molecular weight excluding hydrogens is 269 g/mol. The molecule has 0 unspecified atom stereocenters. The zero-order valence-electron chi connectivity index (χ0n) is 10.8. The summed E-state index contributed by atoms with van der Waals surface area (Å²) in [6.45, 7) is 6.14. The van der Waals surface area contributed by atoms with Crippen LogP contribution in [0.25, 0.3) is 0 Å². The van der Waals surface area contributed by atoms with Gasteiger partial charge in [-0.1, -0.05) is 44.0 Å². The van der Waals surface area contributed by atoms with E-state index in [0.717, 1.165) is 18.4 Å². The number of carbonyl (C=O) groups excluding carboxylic acids is 1. The molecule has 0 heterocycles. The first-order valence-corrected chi connectivity index (χ1v) is 6.85. The summed E-state index contributed by atoms with van der Waals surface area (Å²) in [4.78, 5) is 11.9. The van der Waals surface area contributed by atoms with E-state index >= 15 is 0 Å². The number of halogens is 2. The molecule has 1 saturated carbocycles. The fraction of sp³-hybridized carbons (Fsp3) is 0.500. The third-order valence-corrected chi connectivity index (χ3v) is 3.56. The lowest BCUT2D eigenvalue weighted by Crippen LogP contribution is -2.25. The molecule has 1 amide bonds. The molecule has 1 fully saturated rings. The van der Waals surface area contributed by atoms with E-state index in [4.69, 9.17) is 23.2 Å². The Morgan fingerprint density at radius 3 is 2.11 bits per heavy atom. The first-order chi connectivity index (χ1) is 8.29. The molecule has 2 rings (SSSR count). The molecule has 0 aliphatic heterocycles. The van der Waals surface area contributed by atoms with E-state index in [0.29, 0.717) is 21.7 Å². The van der Waals surface area contributed by atoms with Gasteiger partial charge in [-0.25, -0.2) is 0 Å². The Hall–Kier alpha value is -0.730. The van der Waals surface area contributed by atoms with E-state index < -0.39 is 0 Å². The van der Waals surface area contributed by atoms with Crippen LogP contribution in [0.5, 0.6) is 0 Å². The summed E-state index contributed by atoms with van der Waals surface area (Å²) in [5.41, 5.74) is 1.28. The molecule has 1 aliphatic rings. The van der Waals surface area contributed by atoms with Gasteiger partial charge in [0.05, 0.1) is 0 Å². The molecule has 1 aromatic carbocycles. The van der Waals surface area contributed by atoms with Crippen LogP contribution in [0.4, 0.5) is 0 Å². The monoisotopic (exact) mass is 285 g/mol. The van der Waals surface area contributed by atoms with Gasteiger partial charge in [0.1, 0.15) is 0 Å². The molecule has 1 aliphatic carbocycles. The van der Waals surface area contributed by atoms with Crippen molar-refractivity contribution < 1.29 is 4.79 Å². The number of hydrogen-bond donors (Lipinski definition) is 1. The predicted octanol–water partition coefficient (Wildman–Crippen LogP) is 4.18. The van der Waals surface area contributed by atoms with E-state index in [1.165, 1.54) is 0 Å². The fourth-order valence-corrected chi connectivity index (χ4v) is 2.97. The maximum Gasteiger partial charge on any atom is 0.251 e. The van der Waals surface area contributed by atoms with Crippen LogP contribution in [0.1, 0.15) is 49.5 Å². The Balaban J connectivity index is 2.32. The molecule has 1 aromatic rings. The first kappa shape index (κ1) is 13.7. The molecule has 0 atom stereocenters. The summed E-state index contributed by atoms with van der Waals surface area (Å²) in [6, 6.07) is 3.73. The highest BCUT2D eigenvalue weighted by atomic mass is 35.5. The van der Waals surface area contributed by atoms with Crippen LogP contribution in [0.2, 0.25) is 10.0 Å². The van der Waals surface area contributed by atoms with Crippen molar-refractivity contribution >= 4 is 29.1 Å². The Morgan fingerprint density at radius 2 is 1.72 bits per heavy atom. The molecule has 0 saturated heterocycles. The van der Waals surface area contributed by atoms with Crippen molar-refractivity contribution in [2.24, 2.45) is 0 Å². The van der Waals surface area contributed by atoms with E-state index in [-0.39, 0.29) is 11.3 Å². The molecule has 0 bridgehead atoms. The molecule has 1 N–H and O–H groups in total. The highest BCUT2D eigenvalue weighted by Gasteiger charge is 2.26. The second-order valence-corrected chi connectivity index (χ2v) is 6.63. The average molecular weight is 286 g/mol. The molecule has 4 heteroatoms. The van der Waals surface area contributed by atoms with Gasteiger partial charge in [-0.15, -0.1) is 0 Å². The highest BCUT2D eigenvalue weighted by molar-refractivity contribution is 6.36. The summed E-state index contributed by atoms with van der Waals surface area (Å²) >= 11 is 12.5. The molecule has 0 aromatic heterocycles. The minimum atomic E-state index is -0.139. The molecule has 98 valence electrons. The van der Waals surface area contributed by atoms with Gasteiger partial charge in [0.15, 0.2) is 0 Å². The lowest BCUT2D eigenvalue weighted by atomic mass is 9.86. The third kappa shape index (κ3) is 2.99. The van der Waals surface area contributed by atoms with Crippen molar-refractivity contribution in [3.63, 3.8) is 0 Å². The first-order valence-electron chi connectivity index (χ1n) is 6.09. The van der Waals surface area contributed by atoms with E-state index in [9.17, 15) is 4.79 Å². The van der Waals surface area contributed by atoms with Crippen molar-refractivity contribution in [1.29, 1.82) is 0 Å². The van der Waals surface area contributed by atoms with Crippen molar-refractivity contribution in [1.82, 2.24) is 5.32 Å². The van der Waals surface area contributed by atoms with Gasteiger partial charge in [0, 0.05) is 21.7 Å². The predicted molar refractivity (Wildman–Crippen MR) is 75.7 cm³/mol. The maximum absolute atomic E-state index is 11.9. The highest BCUT2D eigenvalue weighted by Crippen LogP contribution is 2.36. The van der Waals surface area contributed by atoms with Gasteiger partial charge >= 0.3 is 0 Å². The topological polar surface area (TPSA) is 29.1 Å². The van der Waals surface area contributed by atoms with Crippen molar-refractivity contribution in [2.75, 3.05) is 0 Å². The SMILES string of the molecule is CC(C)(C)c1c(Cl)cc(C(=O)NC2CC2)cc1Cl. The average Bonchev–Trinajstić information content (AvgIpc) is 2.97. The summed E-state index contributed by atoms with van der Waals surface area (Å²) in [5.74, 6) is -0.0956. The maximum atomic E-state index is 11.9. The lowest BCUT2D eigenvalue weighted by molar-refractivity contribution is 0.0951. The summed E-state index contributed by atoms with van der Waals surface area (Å²) in [7, 11) is 0. The number of rotatable bonds is 2. The third-order valence-electron chi connectivity index (χ3n) is 2.97. The Kier molecular flexibility index (Phi) is 3.61. The van der Waals surface area contributed by atoms with Crippen LogP contribution in [0, 0.1) is 0 Å². The van der Waals surface area contributed by atoms with Crippen LogP contribution in [-0.4, -0.2) is 11.9 Å². The lowest BCUT2D eigenvalue weighted by Gasteiger charge is -2.22. The van der Waals surface area contributed by atoms with Gasteiger partial charge in [-0.2, -0.15) is 0 Å². The Labute approximate surface area is 118 Å². The molecule has 0 spiro atoms. The molecule has 18 heavy (non-hydrogen) atoms. The smallest absolute Gasteiger partial charge is 0.251 e. The molecular formula is C14H17Cl2NO. The van der Waals surface area contributed by atoms with E-state index in [2.05, 4.69) is 5.32 Å². The summed E-state index contributed by atoms with van der Waals surface area (Å²) in [6.07, 6.45) is 2.13. The Bertz CT molecular complexity index is 464. The van der Waals surface area contributed by atoms with Crippen molar-refractivity contribution in [3.05, 3.63) is 33.3 Å². The summed E-state index contributed by atoms with van der Waals surface area (Å²) in [5, 5.41) is 4.03. The van der Waals surface area contributed by atoms with Crippen molar-refractivity contribution in [2.45, 2.75) is 45.1 Å².